The molecule has 0 amide bonds. The maximum Gasteiger partial charge on any atom is 0.191 e. The number of nitrogens with zero attached hydrogens (tertiary/aromatic N) is 3. The SMILES string of the molecule is CN=C(NCCCn1cc(C)cn1)NC(C)c1ccccc1OC.I. The summed E-state index contributed by atoms with van der Waals surface area (Å²) in [5, 5.41) is 11.0. The first-order chi connectivity index (χ1) is 11.6. The number of aryl methyl sites for hydroxylation is 2. The van der Waals surface area contributed by atoms with E-state index in [1.165, 1.54) is 5.56 Å². The molecular weight excluding hydrogens is 429 g/mol. The van der Waals surface area contributed by atoms with Gasteiger partial charge in [-0.15, -0.1) is 24.0 Å². The van der Waals surface area contributed by atoms with Gasteiger partial charge in [-0.05, 0) is 31.9 Å². The van der Waals surface area contributed by atoms with Crippen LogP contribution in [0.25, 0.3) is 0 Å². The van der Waals surface area contributed by atoms with Crippen LogP contribution < -0.4 is 15.4 Å². The van der Waals surface area contributed by atoms with Gasteiger partial charge in [0.15, 0.2) is 5.96 Å². The van der Waals surface area contributed by atoms with Crippen LogP contribution in [-0.4, -0.2) is 36.4 Å². The van der Waals surface area contributed by atoms with E-state index in [0.29, 0.717) is 0 Å². The average molecular weight is 457 g/mol. The first-order valence-corrected chi connectivity index (χ1v) is 8.23. The lowest BCUT2D eigenvalue weighted by molar-refractivity contribution is 0.405. The summed E-state index contributed by atoms with van der Waals surface area (Å²) >= 11 is 0. The molecule has 0 fully saturated rings. The van der Waals surface area contributed by atoms with Crippen molar-refractivity contribution < 1.29 is 4.74 Å². The smallest absolute Gasteiger partial charge is 0.191 e. The van der Waals surface area contributed by atoms with Crippen molar-refractivity contribution in [2.75, 3.05) is 20.7 Å². The van der Waals surface area contributed by atoms with E-state index in [1.54, 1.807) is 14.2 Å². The molecule has 0 aliphatic carbocycles. The Labute approximate surface area is 167 Å². The monoisotopic (exact) mass is 457 g/mol. The highest BCUT2D eigenvalue weighted by Gasteiger charge is 2.12. The van der Waals surface area contributed by atoms with E-state index in [-0.39, 0.29) is 30.0 Å². The number of methoxy groups -OCH3 is 1. The van der Waals surface area contributed by atoms with Crippen LogP contribution in [0.15, 0.2) is 41.7 Å². The fourth-order valence-electron chi connectivity index (χ4n) is 2.54. The largest absolute Gasteiger partial charge is 0.496 e. The summed E-state index contributed by atoms with van der Waals surface area (Å²) in [4.78, 5) is 4.29. The van der Waals surface area contributed by atoms with E-state index >= 15 is 0 Å². The molecule has 0 spiro atoms. The van der Waals surface area contributed by atoms with E-state index in [2.05, 4.69) is 39.9 Å². The highest BCUT2D eigenvalue weighted by molar-refractivity contribution is 14.0. The molecule has 1 atom stereocenters. The minimum absolute atomic E-state index is 0. The van der Waals surface area contributed by atoms with Gasteiger partial charge in [0, 0.05) is 31.9 Å². The lowest BCUT2D eigenvalue weighted by atomic mass is 10.1. The molecule has 1 heterocycles. The number of guanidine groups is 1. The van der Waals surface area contributed by atoms with Gasteiger partial charge in [0.1, 0.15) is 5.75 Å². The minimum Gasteiger partial charge on any atom is -0.496 e. The Hall–Kier alpha value is -1.77. The van der Waals surface area contributed by atoms with Crippen LogP contribution in [0.2, 0.25) is 0 Å². The summed E-state index contributed by atoms with van der Waals surface area (Å²) in [6.07, 6.45) is 4.91. The van der Waals surface area contributed by atoms with Crippen molar-refractivity contribution in [2.24, 2.45) is 4.99 Å². The van der Waals surface area contributed by atoms with Gasteiger partial charge in [-0.1, -0.05) is 18.2 Å². The van der Waals surface area contributed by atoms with Gasteiger partial charge in [-0.2, -0.15) is 5.10 Å². The summed E-state index contributed by atoms with van der Waals surface area (Å²) in [6, 6.07) is 8.11. The molecule has 2 aromatic rings. The third-order valence-electron chi connectivity index (χ3n) is 3.80. The van der Waals surface area contributed by atoms with Crippen molar-refractivity contribution in [2.45, 2.75) is 32.9 Å². The Morgan fingerprint density at radius 2 is 2.12 bits per heavy atom. The summed E-state index contributed by atoms with van der Waals surface area (Å²) in [6.45, 7) is 5.86. The molecule has 6 nitrogen and oxygen atoms in total. The number of nitrogens with one attached hydrogen (secondary N) is 2. The fourth-order valence-corrected chi connectivity index (χ4v) is 2.54. The first-order valence-electron chi connectivity index (χ1n) is 8.23. The Kier molecular flexibility index (Phi) is 9.33. The highest BCUT2D eigenvalue weighted by Crippen LogP contribution is 2.24. The maximum atomic E-state index is 5.42. The predicted octanol–water partition coefficient (Wildman–Crippen LogP) is 3.13. The minimum atomic E-state index is 0. The van der Waals surface area contributed by atoms with Crippen molar-refractivity contribution in [3.63, 3.8) is 0 Å². The van der Waals surface area contributed by atoms with Gasteiger partial charge in [-0.3, -0.25) is 9.67 Å². The van der Waals surface area contributed by atoms with Crippen LogP contribution >= 0.6 is 24.0 Å². The van der Waals surface area contributed by atoms with E-state index in [0.717, 1.165) is 36.8 Å². The molecular formula is C18H28IN5O. The van der Waals surface area contributed by atoms with Crippen LogP contribution in [0, 0.1) is 6.92 Å². The molecule has 0 saturated carbocycles. The summed E-state index contributed by atoms with van der Waals surface area (Å²) in [5.74, 6) is 1.66. The van der Waals surface area contributed by atoms with Crippen molar-refractivity contribution in [3.05, 3.63) is 47.8 Å². The zero-order valence-electron chi connectivity index (χ0n) is 15.3. The van der Waals surface area contributed by atoms with Crippen molar-refractivity contribution in [3.8, 4) is 5.75 Å². The van der Waals surface area contributed by atoms with Gasteiger partial charge in [0.05, 0.1) is 19.3 Å². The summed E-state index contributed by atoms with van der Waals surface area (Å²) in [5.41, 5.74) is 2.29. The zero-order valence-corrected chi connectivity index (χ0v) is 17.7. The summed E-state index contributed by atoms with van der Waals surface area (Å²) < 4.78 is 7.38. The van der Waals surface area contributed by atoms with Gasteiger partial charge in [0.25, 0.3) is 0 Å². The van der Waals surface area contributed by atoms with Gasteiger partial charge in [0.2, 0.25) is 0 Å². The average Bonchev–Trinajstić information content (AvgIpc) is 3.02. The Morgan fingerprint density at radius 3 is 2.76 bits per heavy atom. The van der Waals surface area contributed by atoms with E-state index < -0.39 is 0 Å². The number of hydrogen-bond donors (Lipinski definition) is 2. The third kappa shape index (κ3) is 6.56. The molecule has 2 rings (SSSR count). The summed E-state index contributed by atoms with van der Waals surface area (Å²) in [7, 11) is 3.47. The number of hydrogen-bond acceptors (Lipinski definition) is 3. The number of benzene rings is 1. The van der Waals surface area contributed by atoms with Crippen molar-refractivity contribution in [1.82, 2.24) is 20.4 Å². The van der Waals surface area contributed by atoms with Crippen LogP contribution in [0.5, 0.6) is 5.75 Å². The van der Waals surface area contributed by atoms with Crippen molar-refractivity contribution in [1.29, 1.82) is 0 Å². The Bertz CT molecular complexity index is 671. The first kappa shape index (κ1) is 21.3. The zero-order chi connectivity index (χ0) is 17.4. The number of aromatic nitrogens is 2. The van der Waals surface area contributed by atoms with E-state index in [1.807, 2.05) is 36.0 Å². The number of aliphatic imine (C=N–C) groups is 1. The second-order valence-corrected chi connectivity index (χ2v) is 5.74. The van der Waals surface area contributed by atoms with Crippen LogP contribution in [0.4, 0.5) is 0 Å². The molecule has 0 radical (unpaired) electrons. The lowest BCUT2D eigenvalue weighted by Gasteiger charge is -2.20. The maximum absolute atomic E-state index is 5.42. The number of ether oxygens (including phenoxy) is 1. The molecule has 1 aromatic heterocycles. The van der Waals surface area contributed by atoms with Gasteiger partial charge < -0.3 is 15.4 Å². The normalized spacial score (nSPS) is 12.2. The van der Waals surface area contributed by atoms with Gasteiger partial charge in [-0.25, -0.2) is 0 Å². The Morgan fingerprint density at radius 1 is 1.36 bits per heavy atom. The van der Waals surface area contributed by atoms with Crippen molar-refractivity contribution >= 4 is 29.9 Å². The quantitative estimate of drug-likeness (QED) is 0.290. The standard InChI is InChI=1S/C18H27N5O.HI/c1-14-12-21-23(13-14)11-7-10-20-18(19-3)22-15(2)16-8-5-6-9-17(16)24-4;/h5-6,8-9,12-13,15H,7,10-11H2,1-4H3,(H2,19,20,22);1H. The lowest BCUT2D eigenvalue weighted by Crippen LogP contribution is -2.39. The molecule has 0 saturated heterocycles. The molecule has 0 aliphatic rings. The number of halogens is 1. The molecule has 7 heteroatoms. The molecule has 0 bridgehead atoms. The number of para-hydroxylation sites is 1. The van der Waals surface area contributed by atoms with Crippen LogP contribution in [0.3, 0.4) is 0 Å². The highest BCUT2D eigenvalue weighted by atomic mass is 127. The van der Waals surface area contributed by atoms with Gasteiger partial charge >= 0.3 is 0 Å². The Balaban J connectivity index is 0.00000312. The molecule has 2 N–H and O–H groups in total. The fraction of sp³-hybridized carbons (Fsp3) is 0.444. The molecule has 0 aliphatic heterocycles. The second kappa shape index (κ2) is 11.0. The van der Waals surface area contributed by atoms with E-state index in [4.69, 9.17) is 4.74 Å². The molecule has 138 valence electrons. The second-order valence-electron chi connectivity index (χ2n) is 5.74. The van der Waals surface area contributed by atoms with Crippen LogP contribution in [-0.2, 0) is 6.54 Å². The molecule has 1 aromatic carbocycles. The molecule has 25 heavy (non-hydrogen) atoms. The topological polar surface area (TPSA) is 63.5 Å². The van der Waals surface area contributed by atoms with E-state index in [9.17, 15) is 0 Å². The number of rotatable bonds is 7. The molecule has 1 unspecified atom stereocenters. The predicted molar refractivity (Wildman–Crippen MR) is 113 cm³/mol. The third-order valence-corrected chi connectivity index (χ3v) is 3.80. The van der Waals surface area contributed by atoms with Crippen LogP contribution in [0.1, 0.15) is 30.5 Å².